The number of aliphatic hydroxyl groups is 1. The zero-order valence-corrected chi connectivity index (χ0v) is 104. The summed E-state index contributed by atoms with van der Waals surface area (Å²) in [6.45, 7) is 76.9. The van der Waals surface area contributed by atoms with Crippen LogP contribution in [0.25, 0.3) is 0 Å². The number of nitrogens with zero attached hydrogens (tertiary/aromatic N) is 8. The van der Waals surface area contributed by atoms with E-state index in [1.807, 2.05) is 26.0 Å². The van der Waals surface area contributed by atoms with Gasteiger partial charge in [0.2, 0.25) is 0 Å². The maximum absolute atomic E-state index is 12.8. The van der Waals surface area contributed by atoms with E-state index in [2.05, 4.69) is 330 Å². The first-order valence-corrected chi connectivity index (χ1v) is 60.9. The van der Waals surface area contributed by atoms with Gasteiger partial charge in [-0.1, -0.05) is 130 Å². The number of rotatable bonds is 33. The molecule has 1 heterocycles. The number of alkyl halides is 4. The molecule has 0 bridgehead atoms. The number of ether oxygens (including phenoxy) is 1. The Balaban J connectivity index is 0.000000422. The predicted molar refractivity (Wildman–Crippen MR) is 627 cm³/mol. The van der Waals surface area contributed by atoms with Crippen molar-refractivity contribution >= 4 is 0 Å². The Hall–Kier alpha value is -1.08. The van der Waals surface area contributed by atoms with Crippen LogP contribution in [0.15, 0.2) is 0 Å². The highest BCUT2D eigenvalue weighted by molar-refractivity contribution is 5.01. The number of aliphatic hydroxyl groups excluding tert-OH is 1. The SMILES string of the molecule is CC(C)(C)N[C@H]1CCCC[C@@H]1N1CCCC1.CC(C)N(C)[C@H]1CCCC[C@@H]1NC(C)(C)C.CC(C)N[C@H]1CCCC[C@@H]1N(C)CCF.CCCN(C)[C@H]1CCCC[C@@H]1NC(C)(C)C.CCCN[C@H]1CCCC[C@@H]1NC(C)(C)C.CN(C)[C@@H]1C[C@H](C(F)(F)F)CC[C@H]1NC(C)(C)C.CN(CC1CC1)[C@H]1CCCC[C@@H]1NC(C)(C)C.CN(CCO)[C@H]1CCCC[C@@H]1NC(C)(C)C.COCCN(C)[C@H]1CCCC[C@@H]1NC(C)(C)C. The monoisotopic (exact) mass is 2080 g/mol. The third-order valence-electron chi connectivity index (χ3n) is 32.1. The lowest BCUT2D eigenvalue weighted by Gasteiger charge is -2.43. The minimum atomic E-state index is -4.05. The summed E-state index contributed by atoms with van der Waals surface area (Å²) in [6, 6.07) is 12.0. The van der Waals surface area contributed by atoms with Crippen LogP contribution in [0.1, 0.15) is 471 Å². The van der Waals surface area contributed by atoms with Gasteiger partial charge in [-0.2, -0.15) is 13.2 Å². The summed E-state index contributed by atoms with van der Waals surface area (Å²) in [5, 5.41) is 46.3. The number of likely N-dealkylation sites (tertiary alicyclic amines) is 1. The number of hydrogen-bond acceptors (Lipinski definition) is 20. The van der Waals surface area contributed by atoms with Crippen molar-refractivity contribution in [3.05, 3.63) is 0 Å². The summed E-state index contributed by atoms with van der Waals surface area (Å²) in [7, 11) is 18.8. The van der Waals surface area contributed by atoms with Crippen LogP contribution in [0.5, 0.6) is 0 Å². The molecule has 10 aliphatic carbocycles. The normalized spacial score (nSPS) is 28.9. The maximum Gasteiger partial charge on any atom is 0.391 e. The number of hydrogen-bond donors (Lipinski definition) is 11. The van der Waals surface area contributed by atoms with Gasteiger partial charge >= 0.3 is 6.18 Å². The number of halogens is 4. The van der Waals surface area contributed by atoms with Crippen LogP contribution in [-0.4, -0.2) is 351 Å². The van der Waals surface area contributed by atoms with Crippen molar-refractivity contribution in [2.75, 3.05) is 136 Å². The van der Waals surface area contributed by atoms with E-state index in [4.69, 9.17) is 9.84 Å². The second-order valence-corrected chi connectivity index (χ2v) is 56.5. The molecule has 872 valence electrons. The Morgan fingerprint density at radius 1 is 0.329 bits per heavy atom. The van der Waals surface area contributed by atoms with Crippen molar-refractivity contribution in [1.29, 1.82) is 0 Å². The van der Waals surface area contributed by atoms with Gasteiger partial charge in [0.05, 0.1) is 19.1 Å². The standard InChI is InChI=1S/C15H30N2.C14H30N2O.C14H28N2.2C14H30N2.C13H25F3N2.C13H28N2O.C13H28N2.C12H25FN2/c1-15(2,3)16-13-7-5-6-8-14(13)17(4)11-12-9-10-12;1-14(2,3)15-12-8-6-7-9-13(12)16(4)10-11-17-5;1-14(2,3)15-12-8-4-5-9-13(12)16-10-6-7-11-16;1-11(2)16(6)13-10-8-7-9-12(13)15-14(3,4)5;1-6-11-16(5)13-10-8-7-9-12(13)15-14(2,3)4;1-12(2,3)17-10-7-6-9(13(14,15)16)8-11(10)18(4)5;1-13(2,3)14-11-7-5-6-8-12(11)15(4)9-10-16;1-5-10-14-11-8-6-7-9-12(11)15-13(2,3)4;1-10(2)14-11-6-4-5-7-12(11)15(3)9-8-13/h12-14,16H,5-11H2,1-4H3;12-13,15H,6-11H2,1-5H3;12-13,15H,4-11H2,1-3H3;11-13,15H,7-10H2,1-6H3;12-13,15H,6-11H2,1-5H3;9-11,17H,6-8H2,1-5H3;11-12,14,16H,5-10H2,1-4H3;11-12,14-15H,5-10H2,1-4H3;10-12,14H,4-9H2,1-3H3/t13-,14-;4*12-,13-;9-,10-,11-;3*11-,12-/m000001000/s1. The summed E-state index contributed by atoms with van der Waals surface area (Å²) in [4.78, 5) is 19.4. The first kappa shape index (κ1) is 139. The van der Waals surface area contributed by atoms with Gasteiger partial charge < -0.3 is 77.7 Å². The number of methoxy groups -OCH3 is 1. The molecule has 11 N–H and O–H groups in total. The lowest BCUT2D eigenvalue weighted by molar-refractivity contribution is -0.187. The fourth-order valence-corrected chi connectivity index (χ4v) is 25.3. The molecular formula is C122H254F4N18O2. The Morgan fingerprint density at radius 2 is 0.637 bits per heavy atom. The first-order valence-electron chi connectivity index (χ1n) is 60.9. The Labute approximate surface area is 904 Å². The van der Waals surface area contributed by atoms with Gasteiger partial charge in [-0.3, -0.25) is 24.5 Å². The van der Waals surface area contributed by atoms with Gasteiger partial charge in [-0.25, -0.2) is 4.39 Å². The fourth-order valence-electron chi connectivity index (χ4n) is 25.3. The molecule has 1 aliphatic heterocycles. The van der Waals surface area contributed by atoms with Crippen LogP contribution in [0, 0.1) is 11.8 Å². The topological polar surface area (TPSA) is 176 Å². The minimum Gasteiger partial charge on any atom is -0.395 e. The summed E-state index contributed by atoms with van der Waals surface area (Å²) >= 11 is 0. The molecule has 0 aromatic heterocycles. The van der Waals surface area contributed by atoms with E-state index in [0.717, 1.165) is 56.3 Å². The lowest BCUT2D eigenvalue weighted by atomic mass is 9.80. The summed E-state index contributed by atoms with van der Waals surface area (Å²) in [5.41, 5.74) is 1.56. The Kier molecular flexibility index (Phi) is 66.0. The third-order valence-corrected chi connectivity index (χ3v) is 32.1. The molecule has 0 radical (unpaired) electrons. The average molecular weight is 2080 g/mol. The molecule has 10 saturated carbocycles. The van der Waals surface area contributed by atoms with E-state index in [1.165, 1.54) is 270 Å². The zero-order chi connectivity index (χ0) is 110. The van der Waals surface area contributed by atoms with E-state index in [9.17, 15) is 17.6 Å². The molecule has 0 aromatic carbocycles. The molecule has 0 unspecified atom stereocenters. The van der Waals surface area contributed by atoms with E-state index < -0.39 is 12.1 Å². The lowest BCUT2D eigenvalue weighted by Crippen LogP contribution is -2.57. The van der Waals surface area contributed by atoms with Gasteiger partial charge in [0, 0.05) is 198 Å². The van der Waals surface area contributed by atoms with E-state index in [0.29, 0.717) is 97.6 Å². The van der Waals surface area contributed by atoms with Crippen molar-refractivity contribution in [2.24, 2.45) is 11.8 Å². The molecule has 0 aromatic rings. The van der Waals surface area contributed by atoms with Crippen molar-refractivity contribution < 1.29 is 27.4 Å². The highest BCUT2D eigenvalue weighted by Gasteiger charge is 2.47. The Bertz CT molecular complexity index is 3120. The van der Waals surface area contributed by atoms with Crippen LogP contribution in [-0.2, 0) is 4.74 Å². The van der Waals surface area contributed by atoms with Crippen molar-refractivity contribution in [2.45, 2.75) is 642 Å². The van der Waals surface area contributed by atoms with E-state index in [1.54, 1.807) is 7.11 Å². The van der Waals surface area contributed by atoms with Crippen molar-refractivity contribution in [3.8, 4) is 0 Å². The molecule has 24 heteroatoms. The second kappa shape index (κ2) is 69.3. The van der Waals surface area contributed by atoms with Crippen LogP contribution in [0.2, 0.25) is 0 Å². The zero-order valence-electron chi connectivity index (χ0n) is 104. The molecule has 19 atom stereocenters. The summed E-state index contributed by atoms with van der Waals surface area (Å²) in [5.74, 6) is -0.139. The van der Waals surface area contributed by atoms with Crippen LogP contribution in [0.3, 0.4) is 0 Å². The molecule has 1 saturated heterocycles. The molecule has 11 aliphatic rings. The van der Waals surface area contributed by atoms with Crippen LogP contribution < -0.4 is 53.2 Å². The predicted octanol–water partition coefficient (Wildman–Crippen LogP) is 23.7. The van der Waals surface area contributed by atoms with Gasteiger partial charge in [-0.15, -0.1) is 0 Å². The van der Waals surface area contributed by atoms with Gasteiger partial charge in [0.25, 0.3) is 0 Å². The van der Waals surface area contributed by atoms with Crippen LogP contribution >= 0.6 is 0 Å². The quantitative estimate of drug-likeness (QED) is 0.0280. The maximum atomic E-state index is 12.8. The van der Waals surface area contributed by atoms with Crippen molar-refractivity contribution in [1.82, 2.24) is 92.4 Å². The highest BCUT2D eigenvalue weighted by atomic mass is 19.4. The summed E-state index contributed by atoms with van der Waals surface area (Å²) < 4.78 is 55.9. The van der Waals surface area contributed by atoms with E-state index in [-0.39, 0.29) is 82.5 Å². The van der Waals surface area contributed by atoms with Gasteiger partial charge in [0.1, 0.15) is 6.67 Å². The molecule has 20 nitrogen and oxygen atoms in total. The molecular weight excluding hydrogens is 1830 g/mol. The third kappa shape index (κ3) is 61.2. The first-order chi connectivity index (χ1) is 67.8. The molecule has 0 spiro atoms. The second-order valence-electron chi connectivity index (χ2n) is 56.5. The largest absolute Gasteiger partial charge is 0.395 e. The molecule has 11 fully saturated rings. The molecule has 146 heavy (non-hydrogen) atoms. The minimum absolute atomic E-state index is 0.0513. The highest BCUT2D eigenvalue weighted by Crippen LogP contribution is 2.41. The number of likely N-dealkylation sites (N-methyl/N-ethyl adjacent to an activating group) is 7. The van der Waals surface area contributed by atoms with Crippen LogP contribution in [0.4, 0.5) is 17.6 Å². The fraction of sp³-hybridized carbons (Fsp3) is 1.00. The average Bonchev–Trinajstić information content (AvgIpc) is 0.976. The number of nitrogens with one attached hydrogen (secondary N) is 10. The van der Waals surface area contributed by atoms with E-state index >= 15 is 0 Å². The Morgan fingerprint density at radius 3 is 0.979 bits per heavy atom. The molecule has 11 rings (SSSR count). The van der Waals surface area contributed by atoms with Gasteiger partial charge in [-0.05, 0) is 429 Å². The smallest absolute Gasteiger partial charge is 0.391 e. The van der Waals surface area contributed by atoms with Gasteiger partial charge in [0.15, 0.2) is 0 Å². The van der Waals surface area contributed by atoms with Crippen molar-refractivity contribution in [3.63, 3.8) is 0 Å². The molecule has 0 amide bonds. The summed E-state index contributed by atoms with van der Waals surface area (Å²) in [6.07, 6.45) is 48.4.